The number of hydrogen-bond acceptors (Lipinski definition) is 4. The van der Waals surface area contributed by atoms with Gasteiger partial charge in [0.05, 0.1) is 26.0 Å². The molecule has 0 aromatic carbocycles. The zero-order valence-corrected chi connectivity index (χ0v) is 10.8. The van der Waals surface area contributed by atoms with Crippen molar-refractivity contribution < 1.29 is 9.47 Å². The average molecular weight is 287 g/mol. The molecule has 1 aromatic heterocycles. The second-order valence-electron chi connectivity index (χ2n) is 3.65. The summed E-state index contributed by atoms with van der Waals surface area (Å²) >= 11 is 3.44. The minimum atomic E-state index is 0.248. The Balaban J connectivity index is 2.05. The Morgan fingerprint density at radius 3 is 3.12 bits per heavy atom. The molecular formula is C11H15BrN2O2. The summed E-state index contributed by atoms with van der Waals surface area (Å²) in [6, 6.07) is 3.91. The first-order valence-electron chi connectivity index (χ1n) is 5.26. The van der Waals surface area contributed by atoms with Gasteiger partial charge in [-0.25, -0.2) is 4.98 Å². The van der Waals surface area contributed by atoms with Gasteiger partial charge in [0.1, 0.15) is 11.6 Å². The predicted molar refractivity (Wildman–Crippen MR) is 66.5 cm³/mol. The summed E-state index contributed by atoms with van der Waals surface area (Å²) in [5.41, 5.74) is 0. The zero-order valence-electron chi connectivity index (χ0n) is 9.23. The molecule has 2 heterocycles. The van der Waals surface area contributed by atoms with E-state index in [1.54, 1.807) is 13.3 Å². The average Bonchev–Trinajstić information content (AvgIpc) is 2.39. The fraction of sp³-hybridized carbons (Fsp3) is 0.545. The predicted octanol–water partition coefficient (Wildman–Crippen LogP) is 1.69. The van der Waals surface area contributed by atoms with Crippen LogP contribution >= 0.6 is 15.9 Å². The number of methoxy groups -OCH3 is 1. The molecule has 0 aliphatic carbocycles. The van der Waals surface area contributed by atoms with Gasteiger partial charge in [0.25, 0.3) is 0 Å². The van der Waals surface area contributed by atoms with Crippen LogP contribution in [0.1, 0.15) is 0 Å². The quantitative estimate of drug-likeness (QED) is 0.792. The van der Waals surface area contributed by atoms with Gasteiger partial charge in [0, 0.05) is 18.4 Å². The van der Waals surface area contributed by atoms with E-state index in [1.807, 2.05) is 12.1 Å². The second kappa shape index (κ2) is 5.50. The number of morpholine rings is 1. The molecule has 0 bridgehead atoms. The Morgan fingerprint density at radius 1 is 1.62 bits per heavy atom. The Morgan fingerprint density at radius 2 is 2.50 bits per heavy atom. The lowest BCUT2D eigenvalue weighted by molar-refractivity contribution is 0.0568. The molecule has 0 N–H and O–H groups in total. The summed E-state index contributed by atoms with van der Waals surface area (Å²) in [5, 5.41) is 0.861. The van der Waals surface area contributed by atoms with Gasteiger partial charge < -0.3 is 14.4 Å². The Hall–Kier alpha value is -0.810. The number of nitrogens with zero attached hydrogens (tertiary/aromatic N) is 2. The van der Waals surface area contributed by atoms with Crippen LogP contribution < -0.4 is 9.64 Å². The normalized spacial score (nSPS) is 20.9. The molecule has 88 valence electrons. The SMILES string of the molecule is COc1ccc(N2CCOC(CBr)C2)nc1. The molecule has 0 spiro atoms. The maximum Gasteiger partial charge on any atom is 0.137 e. The number of ether oxygens (including phenoxy) is 2. The van der Waals surface area contributed by atoms with Crippen molar-refractivity contribution in [2.75, 3.05) is 37.0 Å². The summed E-state index contributed by atoms with van der Waals surface area (Å²) in [5.74, 6) is 1.77. The third kappa shape index (κ3) is 2.65. The number of alkyl halides is 1. The molecule has 1 aromatic rings. The third-order valence-electron chi connectivity index (χ3n) is 2.59. The van der Waals surface area contributed by atoms with Crippen LogP contribution in [0.4, 0.5) is 5.82 Å². The van der Waals surface area contributed by atoms with Crippen LogP contribution in [0, 0.1) is 0 Å². The van der Waals surface area contributed by atoms with Crippen LogP contribution in [0.2, 0.25) is 0 Å². The maximum atomic E-state index is 5.58. The van der Waals surface area contributed by atoms with Crippen molar-refractivity contribution in [1.82, 2.24) is 4.98 Å². The van der Waals surface area contributed by atoms with E-state index >= 15 is 0 Å². The Kier molecular flexibility index (Phi) is 4.01. The molecule has 1 saturated heterocycles. The van der Waals surface area contributed by atoms with Crippen molar-refractivity contribution in [3.63, 3.8) is 0 Å². The number of rotatable bonds is 3. The van der Waals surface area contributed by atoms with Gasteiger partial charge in [0.2, 0.25) is 0 Å². The number of aromatic nitrogens is 1. The smallest absolute Gasteiger partial charge is 0.137 e. The van der Waals surface area contributed by atoms with Crippen molar-refractivity contribution in [3.05, 3.63) is 18.3 Å². The van der Waals surface area contributed by atoms with Crippen molar-refractivity contribution >= 4 is 21.7 Å². The lowest BCUT2D eigenvalue weighted by atomic mass is 10.3. The van der Waals surface area contributed by atoms with Crippen LogP contribution in [-0.2, 0) is 4.74 Å². The molecule has 1 aliphatic heterocycles. The zero-order chi connectivity index (χ0) is 11.4. The van der Waals surface area contributed by atoms with Gasteiger partial charge in [-0.05, 0) is 12.1 Å². The van der Waals surface area contributed by atoms with E-state index in [4.69, 9.17) is 9.47 Å². The van der Waals surface area contributed by atoms with E-state index in [9.17, 15) is 0 Å². The highest BCUT2D eigenvalue weighted by molar-refractivity contribution is 9.09. The van der Waals surface area contributed by atoms with Crippen molar-refractivity contribution in [2.45, 2.75) is 6.10 Å². The van der Waals surface area contributed by atoms with E-state index in [1.165, 1.54) is 0 Å². The molecule has 0 saturated carbocycles. The fourth-order valence-corrected chi connectivity index (χ4v) is 2.09. The lowest BCUT2D eigenvalue weighted by Gasteiger charge is -2.32. The third-order valence-corrected chi connectivity index (χ3v) is 3.31. The van der Waals surface area contributed by atoms with Gasteiger partial charge in [-0.15, -0.1) is 0 Å². The molecule has 1 aliphatic rings. The van der Waals surface area contributed by atoms with Crippen molar-refractivity contribution in [2.24, 2.45) is 0 Å². The van der Waals surface area contributed by atoms with E-state index in [2.05, 4.69) is 25.8 Å². The molecule has 5 heteroatoms. The van der Waals surface area contributed by atoms with Gasteiger partial charge in [0.15, 0.2) is 0 Å². The van der Waals surface area contributed by atoms with Crippen LogP contribution in [0.3, 0.4) is 0 Å². The van der Waals surface area contributed by atoms with E-state index in [0.717, 1.165) is 36.6 Å². The topological polar surface area (TPSA) is 34.6 Å². The first kappa shape index (κ1) is 11.7. The molecule has 16 heavy (non-hydrogen) atoms. The molecule has 1 unspecified atom stereocenters. The van der Waals surface area contributed by atoms with Gasteiger partial charge in [-0.3, -0.25) is 0 Å². The van der Waals surface area contributed by atoms with Gasteiger partial charge in [-0.2, -0.15) is 0 Å². The maximum absolute atomic E-state index is 5.58. The first-order valence-corrected chi connectivity index (χ1v) is 6.38. The molecule has 0 radical (unpaired) electrons. The van der Waals surface area contributed by atoms with Crippen LogP contribution in [0.5, 0.6) is 5.75 Å². The number of anilines is 1. The van der Waals surface area contributed by atoms with Crippen LogP contribution in [-0.4, -0.2) is 43.2 Å². The molecule has 4 nitrogen and oxygen atoms in total. The van der Waals surface area contributed by atoms with Crippen molar-refractivity contribution in [3.8, 4) is 5.75 Å². The number of hydrogen-bond donors (Lipinski definition) is 0. The summed E-state index contributed by atoms with van der Waals surface area (Å²) in [6.45, 7) is 2.53. The second-order valence-corrected chi connectivity index (χ2v) is 4.30. The number of pyridine rings is 1. The first-order chi connectivity index (χ1) is 7.83. The van der Waals surface area contributed by atoms with Gasteiger partial charge in [-0.1, -0.05) is 15.9 Å². The Labute approximate surface area is 104 Å². The van der Waals surface area contributed by atoms with E-state index in [0.29, 0.717) is 0 Å². The summed E-state index contributed by atoms with van der Waals surface area (Å²) in [4.78, 5) is 6.60. The molecule has 2 rings (SSSR count). The van der Waals surface area contributed by atoms with E-state index < -0.39 is 0 Å². The van der Waals surface area contributed by atoms with E-state index in [-0.39, 0.29) is 6.10 Å². The molecule has 0 amide bonds. The largest absolute Gasteiger partial charge is 0.495 e. The Bertz CT molecular complexity index is 331. The minimum absolute atomic E-state index is 0.248. The molecular weight excluding hydrogens is 272 g/mol. The van der Waals surface area contributed by atoms with Gasteiger partial charge >= 0.3 is 0 Å². The summed E-state index contributed by atoms with van der Waals surface area (Å²) in [6.07, 6.45) is 1.99. The van der Waals surface area contributed by atoms with Crippen molar-refractivity contribution in [1.29, 1.82) is 0 Å². The van der Waals surface area contributed by atoms with Crippen LogP contribution in [0.15, 0.2) is 18.3 Å². The molecule has 1 atom stereocenters. The highest BCUT2D eigenvalue weighted by Gasteiger charge is 2.20. The summed E-state index contributed by atoms with van der Waals surface area (Å²) in [7, 11) is 1.65. The monoisotopic (exact) mass is 286 g/mol. The highest BCUT2D eigenvalue weighted by atomic mass is 79.9. The highest BCUT2D eigenvalue weighted by Crippen LogP contribution is 2.18. The molecule has 1 fully saturated rings. The lowest BCUT2D eigenvalue weighted by Crippen LogP contribution is -2.43. The standard InChI is InChI=1S/C11H15BrN2O2/c1-15-9-2-3-11(13-7-9)14-4-5-16-10(6-12)8-14/h2-3,7,10H,4-6,8H2,1H3. The number of halogens is 1. The summed E-state index contributed by atoms with van der Waals surface area (Å²) < 4.78 is 10.7. The van der Waals surface area contributed by atoms with Crippen LogP contribution in [0.25, 0.3) is 0 Å². The fourth-order valence-electron chi connectivity index (χ4n) is 1.70. The minimum Gasteiger partial charge on any atom is -0.495 e.